The fraction of sp³-hybridized carbons (Fsp3) is 0.478. The van der Waals surface area contributed by atoms with Crippen molar-refractivity contribution in [1.29, 1.82) is 0 Å². The van der Waals surface area contributed by atoms with E-state index in [1.54, 1.807) is 6.07 Å². The molecule has 32 heavy (non-hydrogen) atoms. The summed E-state index contributed by atoms with van der Waals surface area (Å²) in [5.41, 5.74) is 1.90. The molecule has 9 heteroatoms. The predicted molar refractivity (Wildman–Crippen MR) is 128 cm³/mol. The molecule has 1 aromatic heterocycles. The number of thioether (sulfide) groups is 1. The average Bonchev–Trinajstić information content (AvgIpc) is 3.34. The highest BCUT2D eigenvalue weighted by Crippen LogP contribution is 2.28. The number of aryl methyl sites for hydroxylation is 1. The number of carbonyl (C=O) groups is 2. The fourth-order valence-corrected chi connectivity index (χ4v) is 5.04. The van der Waals surface area contributed by atoms with Crippen LogP contribution in [0.15, 0.2) is 35.5 Å². The molecule has 2 amide bonds. The van der Waals surface area contributed by atoms with Gasteiger partial charge in [-0.25, -0.2) is 9.97 Å². The monoisotopic (exact) mass is 473 g/mol. The van der Waals surface area contributed by atoms with Gasteiger partial charge in [-0.2, -0.15) is 0 Å². The molecule has 0 radical (unpaired) electrons. The smallest absolute Gasteiger partial charge is 0.234 e. The van der Waals surface area contributed by atoms with Gasteiger partial charge in [0.15, 0.2) is 5.16 Å². The lowest BCUT2D eigenvalue weighted by Crippen LogP contribution is -2.50. The van der Waals surface area contributed by atoms with Gasteiger partial charge in [-0.1, -0.05) is 53.9 Å². The molecule has 1 saturated heterocycles. The highest BCUT2D eigenvalue weighted by molar-refractivity contribution is 7.99. The number of benzene rings is 1. The molecule has 1 saturated carbocycles. The second-order valence-corrected chi connectivity index (χ2v) is 9.66. The van der Waals surface area contributed by atoms with E-state index in [1.165, 1.54) is 24.6 Å². The van der Waals surface area contributed by atoms with Crippen molar-refractivity contribution >= 4 is 46.7 Å². The number of halogens is 1. The summed E-state index contributed by atoms with van der Waals surface area (Å²) in [5.74, 6) is 1.32. The maximum absolute atomic E-state index is 12.7. The molecule has 0 atom stereocenters. The molecule has 170 valence electrons. The Balaban J connectivity index is 1.31. The second-order valence-electron chi connectivity index (χ2n) is 8.33. The van der Waals surface area contributed by atoms with Crippen molar-refractivity contribution in [3.05, 3.63) is 41.0 Å². The molecular formula is C23H28ClN5O2S. The van der Waals surface area contributed by atoms with Crippen molar-refractivity contribution in [3.8, 4) is 0 Å². The van der Waals surface area contributed by atoms with Crippen LogP contribution in [0.2, 0.25) is 5.15 Å². The Morgan fingerprint density at radius 2 is 1.78 bits per heavy atom. The van der Waals surface area contributed by atoms with Crippen molar-refractivity contribution in [3.63, 3.8) is 0 Å². The van der Waals surface area contributed by atoms with Crippen LogP contribution in [-0.2, 0) is 9.59 Å². The molecule has 0 spiro atoms. The van der Waals surface area contributed by atoms with E-state index >= 15 is 0 Å². The molecule has 1 aromatic carbocycles. The minimum atomic E-state index is -0.122. The molecule has 1 aliphatic carbocycles. The fourth-order valence-electron chi connectivity index (χ4n) is 4.16. The minimum Gasteiger partial charge on any atom is -0.353 e. The van der Waals surface area contributed by atoms with Crippen LogP contribution in [0.5, 0.6) is 0 Å². The topological polar surface area (TPSA) is 78.4 Å². The molecule has 2 aliphatic rings. The third-order valence-corrected chi connectivity index (χ3v) is 6.99. The third-order valence-electron chi connectivity index (χ3n) is 5.95. The number of aromatic nitrogens is 2. The van der Waals surface area contributed by atoms with Gasteiger partial charge < -0.3 is 15.1 Å². The van der Waals surface area contributed by atoms with Gasteiger partial charge in [-0.15, -0.1) is 0 Å². The van der Waals surface area contributed by atoms with E-state index in [2.05, 4.69) is 20.2 Å². The van der Waals surface area contributed by atoms with Crippen molar-refractivity contribution in [2.45, 2.75) is 37.8 Å². The first-order valence-corrected chi connectivity index (χ1v) is 12.4. The molecule has 7 nitrogen and oxygen atoms in total. The maximum Gasteiger partial charge on any atom is 0.234 e. The highest BCUT2D eigenvalue weighted by atomic mass is 35.5. The predicted octanol–water partition coefficient (Wildman–Crippen LogP) is 4.01. The lowest BCUT2D eigenvalue weighted by Gasteiger charge is -2.36. The summed E-state index contributed by atoms with van der Waals surface area (Å²) in [4.78, 5) is 37.9. The van der Waals surface area contributed by atoms with Crippen molar-refractivity contribution < 1.29 is 9.59 Å². The first-order valence-electron chi connectivity index (χ1n) is 11.1. The zero-order chi connectivity index (χ0) is 22.5. The Hall–Kier alpha value is -2.32. The highest BCUT2D eigenvalue weighted by Gasteiger charge is 2.29. The van der Waals surface area contributed by atoms with Gasteiger partial charge in [-0.05, 0) is 31.9 Å². The largest absolute Gasteiger partial charge is 0.353 e. The number of anilines is 2. The molecule has 0 unspecified atom stereocenters. The first-order chi connectivity index (χ1) is 15.5. The quantitative estimate of drug-likeness (QED) is 0.388. The van der Waals surface area contributed by atoms with Crippen LogP contribution in [0, 0.1) is 12.8 Å². The number of piperazine rings is 1. The van der Waals surface area contributed by atoms with E-state index < -0.39 is 0 Å². The first kappa shape index (κ1) is 22.9. The summed E-state index contributed by atoms with van der Waals surface area (Å²) in [6, 6.07) is 9.41. The zero-order valence-electron chi connectivity index (χ0n) is 18.2. The van der Waals surface area contributed by atoms with Crippen LogP contribution in [0.1, 0.15) is 31.2 Å². The molecular weight excluding hydrogens is 446 g/mol. The van der Waals surface area contributed by atoms with E-state index in [1.807, 2.05) is 36.1 Å². The summed E-state index contributed by atoms with van der Waals surface area (Å²) < 4.78 is 0. The number of hydrogen-bond donors (Lipinski definition) is 1. The van der Waals surface area contributed by atoms with Crippen LogP contribution in [0.3, 0.4) is 0 Å². The Kier molecular flexibility index (Phi) is 7.52. The number of nitrogens with one attached hydrogen (secondary N) is 1. The van der Waals surface area contributed by atoms with Crippen LogP contribution in [0.4, 0.5) is 11.5 Å². The Labute approximate surface area is 197 Å². The van der Waals surface area contributed by atoms with Gasteiger partial charge in [0, 0.05) is 43.9 Å². The number of amides is 2. The summed E-state index contributed by atoms with van der Waals surface area (Å²) in [5, 5.41) is 3.69. The standard InChI is InChI=1S/C23H28ClN5O2S/c1-16-6-8-18(9-7-16)25-21(30)15-32-23-26-19(24)14-20(27-23)28-10-12-29(13-11-28)22(31)17-4-2-3-5-17/h6-9,14,17H,2-5,10-13,15H2,1H3,(H,25,30). The number of carbonyl (C=O) groups excluding carboxylic acids is 2. The normalized spacial score (nSPS) is 16.9. The van der Waals surface area contributed by atoms with Gasteiger partial charge in [0.2, 0.25) is 11.8 Å². The maximum atomic E-state index is 12.7. The second kappa shape index (κ2) is 10.5. The molecule has 4 rings (SSSR count). The molecule has 2 aromatic rings. The number of nitrogens with zero attached hydrogens (tertiary/aromatic N) is 4. The van der Waals surface area contributed by atoms with Gasteiger partial charge in [-0.3, -0.25) is 9.59 Å². The Morgan fingerprint density at radius 1 is 1.09 bits per heavy atom. The Morgan fingerprint density at radius 3 is 2.47 bits per heavy atom. The van der Waals surface area contributed by atoms with Crippen LogP contribution in [-0.4, -0.2) is 58.6 Å². The zero-order valence-corrected chi connectivity index (χ0v) is 19.8. The van der Waals surface area contributed by atoms with Gasteiger partial charge >= 0.3 is 0 Å². The van der Waals surface area contributed by atoms with E-state index in [4.69, 9.17) is 11.6 Å². The van der Waals surface area contributed by atoms with Crippen molar-refractivity contribution in [1.82, 2.24) is 14.9 Å². The van der Waals surface area contributed by atoms with E-state index in [0.717, 1.165) is 29.9 Å². The molecule has 1 aliphatic heterocycles. The summed E-state index contributed by atoms with van der Waals surface area (Å²) >= 11 is 7.49. The number of rotatable bonds is 6. The number of hydrogen-bond acceptors (Lipinski definition) is 6. The van der Waals surface area contributed by atoms with Gasteiger partial charge in [0.05, 0.1) is 5.75 Å². The van der Waals surface area contributed by atoms with Crippen LogP contribution in [0.25, 0.3) is 0 Å². The average molecular weight is 474 g/mol. The van der Waals surface area contributed by atoms with Crippen molar-refractivity contribution in [2.75, 3.05) is 42.1 Å². The molecule has 0 bridgehead atoms. The van der Waals surface area contributed by atoms with Crippen molar-refractivity contribution in [2.24, 2.45) is 5.92 Å². The molecule has 1 N–H and O–H groups in total. The van der Waals surface area contributed by atoms with E-state index in [0.29, 0.717) is 42.4 Å². The third kappa shape index (κ3) is 5.92. The van der Waals surface area contributed by atoms with Gasteiger partial charge in [0.25, 0.3) is 0 Å². The summed E-state index contributed by atoms with van der Waals surface area (Å²) in [7, 11) is 0. The Bertz CT molecular complexity index is 957. The summed E-state index contributed by atoms with van der Waals surface area (Å²) in [6.07, 6.45) is 4.38. The summed E-state index contributed by atoms with van der Waals surface area (Å²) in [6.45, 7) is 4.81. The molecule has 2 heterocycles. The van der Waals surface area contributed by atoms with E-state index in [-0.39, 0.29) is 17.6 Å². The lowest BCUT2D eigenvalue weighted by atomic mass is 10.1. The van der Waals surface area contributed by atoms with Crippen LogP contribution >= 0.6 is 23.4 Å². The van der Waals surface area contributed by atoms with Crippen LogP contribution < -0.4 is 10.2 Å². The van der Waals surface area contributed by atoms with E-state index in [9.17, 15) is 9.59 Å². The lowest BCUT2D eigenvalue weighted by molar-refractivity contribution is -0.135. The SMILES string of the molecule is Cc1ccc(NC(=O)CSc2nc(Cl)cc(N3CCN(C(=O)C4CCCC4)CC3)n2)cc1. The van der Waals surface area contributed by atoms with Gasteiger partial charge in [0.1, 0.15) is 11.0 Å². The molecule has 2 fully saturated rings. The minimum absolute atomic E-state index is 0.122.